The molecule has 1 aromatic carbocycles. The van der Waals surface area contributed by atoms with E-state index in [2.05, 4.69) is 0 Å². The zero-order valence-corrected chi connectivity index (χ0v) is 8.03. The van der Waals surface area contributed by atoms with Crippen molar-refractivity contribution in [3.63, 3.8) is 0 Å². The van der Waals surface area contributed by atoms with E-state index in [4.69, 9.17) is 9.47 Å². The molecule has 1 saturated heterocycles. The lowest BCUT2D eigenvalue weighted by molar-refractivity contribution is -0.149. The van der Waals surface area contributed by atoms with E-state index >= 15 is 0 Å². The molecule has 0 spiro atoms. The summed E-state index contributed by atoms with van der Waals surface area (Å²) in [5, 5.41) is 0. The molecule has 0 N–H and O–H groups in total. The number of benzene rings is 1. The fourth-order valence-electron chi connectivity index (χ4n) is 1.55. The second-order valence-electron chi connectivity index (χ2n) is 3.38. The molecule has 0 aliphatic carbocycles. The van der Waals surface area contributed by atoms with Crippen LogP contribution < -0.4 is 0 Å². The third-order valence-corrected chi connectivity index (χ3v) is 2.41. The van der Waals surface area contributed by atoms with Gasteiger partial charge in [-0.3, -0.25) is 4.79 Å². The van der Waals surface area contributed by atoms with Crippen molar-refractivity contribution in [3.8, 4) is 0 Å². The minimum atomic E-state index is -0.637. The molecule has 3 heteroatoms. The van der Waals surface area contributed by atoms with Crippen molar-refractivity contribution in [2.45, 2.75) is 12.7 Å². The van der Waals surface area contributed by atoms with Crippen molar-refractivity contribution in [2.75, 3.05) is 13.2 Å². The summed E-state index contributed by atoms with van der Waals surface area (Å²) in [7, 11) is 0. The van der Waals surface area contributed by atoms with Gasteiger partial charge in [0.25, 0.3) is 0 Å². The number of carbonyl (C=O) groups is 1. The van der Waals surface area contributed by atoms with Crippen molar-refractivity contribution in [2.24, 2.45) is 0 Å². The highest BCUT2D eigenvalue weighted by atomic mass is 16.7. The maximum atomic E-state index is 10.5. The molecule has 0 unspecified atom stereocenters. The van der Waals surface area contributed by atoms with E-state index in [1.54, 1.807) is 12.1 Å². The summed E-state index contributed by atoms with van der Waals surface area (Å²) < 4.78 is 11.0. The van der Waals surface area contributed by atoms with Gasteiger partial charge < -0.3 is 9.47 Å². The molecule has 0 atom stereocenters. The van der Waals surface area contributed by atoms with Gasteiger partial charge in [0.05, 0.1) is 13.2 Å². The van der Waals surface area contributed by atoms with E-state index in [-0.39, 0.29) is 0 Å². The summed E-state index contributed by atoms with van der Waals surface area (Å²) in [6.45, 7) is 3.12. The molecule has 14 heavy (non-hydrogen) atoms. The van der Waals surface area contributed by atoms with Crippen LogP contribution in [0.25, 0.3) is 0 Å². The van der Waals surface area contributed by atoms with Crippen molar-refractivity contribution in [1.82, 2.24) is 0 Å². The molecule has 74 valence electrons. The van der Waals surface area contributed by atoms with Gasteiger partial charge in [0.15, 0.2) is 5.79 Å². The number of rotatable bonds is 2. The maximum absolute atomic E-state index is 10.5. The van der Waals surface area contributed by atoms with E-state index in [1.807, 2.05) is 19.1 Å². The van der Waals surface area contributed by atoms with Crippen molar-refractivity contribution < 1.29 is 14.3 Å². The molecule has 0 radical (unpaired) electrons. The molecule has 2 rings (SSSR count). The van der Waals surface area contributed by atoms with Gasteiger partial charge >= 0.3 is 0 Å². The molecule has 0 bridgehead atoms. The minimum absolute atomic E-state index is 0.617. The van der Waals surface area contributed by atoms with Crippen LogP contribution in [0.15, 0.2) is 24.3 Å². The molecular formula is C11H12O3. The van der Waals surface area contributed by atoms with Gasteiger partial charge in [0, 0.05) is 11.1 Å². The molecule has 1 heterocycles. The zero-order chi connectivity index (χ0) is 10.0. The molecule has 1 fully saturated rings. The smallest absolute Gasteiger partial charge is 0.192 e. The van der Waals surface area contributed by atoms with E-state index in [9.17, 15) is 4.79 Å². The molecule has 1 aliphatic heterocycles. The van der Waals surface area contributed by atoms with Gasteiger partial charge in [-0.1, -0.05) is 24.3 Å². The van der Waals surface area contributed by atoms with Crippen LogP contribution in [0.2, 0.25) is 0 Å². The van der Waals surface area contributed by atoms with Gasteiger partial charge in [-0.25, -0.2) is 0 Å². The Bertz CT molecular complexity index is 323. The first-order valence-corrected chi connectivity index (χ1v) is 4.58. The van der Waals surface area contributed by atoms with Gasteiger partial charge in [-0.2, -0.15) is 0 Å². The molecule has 0 amide bonds. The molecule has 0 aromatic heterocycles. The van der Waals surface area contributed by atoms with E-state index in [0.29, 0.717) is 18.8 Å². The Balaban J connectivity index is 2.27. The van der Waals surface area contributed by atoms with Gasteiger partial charge in [-0.05, 0) is 6.92 Å². The average Bonchev–Trinajstić information content (AvgIpc) is 2.67. The summed E-state index contributed by atoms with van der Waals surface area (Å²) in [4.78, 5) is 10.5. The summed E-state index contributed by atoms with van der Waals surface area (Å²) in [5.41, 5.74) is 1.61. The Morgan fingerprint density at radius 2 is 1.79 bits per heavy atom. The highest BCUT2D eigenvalue weighted by Gasteiger charge is 2.32. The molecular weight excluding hydrogens is 180 g/mol. The second kappa shape index (κ2) is 3.52. The van der Waals surface area contributed by atoms with Crippen molar-refractivity contribution >= 4 is 6.29 Å². The number of carbonyl (C=O) groups excluding carboxylic acids is 1. The lowest BCUT2D eigenvalue weighted by Gasteiger charge is -2.22. The number of hydrogen-bond donors (Lipinski definition) is 0. The van der Waals surface area contributed by atoms with Gasteiger partial charge in [0.1, 0.15) is 6.29 Å². The van der Waals surface area contributed by atoms with Crippen LogP contribution in [0.4, 0.5) is 0 Å². The summed E-state index contributed by atoms with van der Waals surface area (Å²) >= 11 is 0. The largest absolute Gasteiger partial charge is 0.344 e. The summed E-state index contributed by atoms with van der Waals surface area (Å²) in [6, 6.07) is 7.24. The second-order valence-corrected chi connectivity index (χ2v) is 3.38. The van der Waals surface area contributed by atoms with Crippen LogP contribution in [0.1, 0.15) is 22.8 Å². The monoisotopic (exact) mass is 192 g/mol. The van der Waals surface area contributed by atoms with Crippen LogP contribution in [0.3, 0.4) is 0 Å². The number of ether oxygens (including phenoxy) is 2. The Hall–Kier alpha value is -1.19. The predicted octanol–water partition coefficient (Wildman–Crippen LogP) is 1.72. The SMILES string of the molecule is CC1(c2ccc(C=O)cc2)OCCO1. The summed E-state index contributed by atoms with van der Waals surface area (Å²) in [6.07, 6.45) is 0.822. The molecule has 1 aromatic rings. The third-order valence-electron chi connectivity index (χ3n) is 2.41. The van der Waals surface area contributed by atoms with Crippen molar-refractivity contribution in [1.29, 1.82) is 0 Å². The van der Waals surface area contributed by atoms with Crippen LogP contribution in [-0.2, 0) is 15.3 Å². The van der Waals surface area contributed by atoms with E-state index in [0.717, 1.165) is 11.8 Å². The molecule has 3 nitrogen and oxygen atoms in total. The van der Waals surface area contributed by atoms with Gasteiger partial charge in [-0.15, -0.1) is 0 Å². The first-order valence-electron chi connectivity index (χ1n) is 4.58. The average molecular weight is 192 g/mol. The normalized spacial score (nSPS) is 19.5. The lowest BCUT2D eigenvalue weighted by Crippen LogP contribution is -2.22. The van der Waals surface area contributed by atoms with Crippen LogP contribution in [-0.4, -0.2) is 19.5 Å². The third kappa shape index (κ3) is 1.56. The zero-order valence-electron chi connectivity index (χ0n) is 8.03. The Morgan fingerprint density at radius 1 is 1.21 bits per heavy atom. The van der Waals surface area contributed by atoms with Crippen molar-refractivity contribution in [3.05, 3.63) is 35.4 Å². The van der Waals surface area contributed by atoms with Gasteiger partial charge in [0.2, 0.25) is 0 Å². The highest BCUT2D eigenvalue weighted by Crippen LogP contribution is 2.30. The van der Waals surface area contributed by atoms with E-state index in [1.165, 1.54) is 0 Å². The Morgan fingerprint density at radius 3 is 2.29 bits per heavy atom. The Kier molecular flexibility index (Phi) is 2.35. The standard InChI is InChI=1S/C11H12O3/c1-11(13-6-7-14-11)10-4-2-9(8-12)3-5-10/h2-5,8H,6-7H2,1H3. The highest BCUT2D eigenvalue weighted by molar-refractivity contribution is 5.74. The van der Waals surface area contributed by atoms with Crippen LogP contribution in [0.5, 0.6) is 0 Å². The topological polar surface area (TPSA) is 35.5 Å². The summed E-state index contributed by atoms with van der Waals surface area (Å²) in [5.74, 6) is -0.637. The number of aldehydes is 1. The quantitative estimate of drug-likeness (QED) is 0.669. The molecule has 0 saturated carbocycles. The Labute approximate surface area is 82.6 Å². The number of hydrogen-bond acceptors (Lipinski definition) is 3. The minimum Gasteiger partial charge on any atom is -0.344 e. The van der Waals surface area contributed by atoms with E-state index < -0.39 is 5.79 Å². The van der Waals surface area contributed by atoms with Crippen LogP contribution >= 0.6 is 0 Å². The first kappa shape index (κ1) is 9.37. The lowest BCUT2D eigenvalue weighted by atomic mass is 10.1. The maximum Gasteiger partial charge on any atom is 0.192 e. The van der Waals surface area contributed by atoms with Crippen LogP contribution in [0, 0.1) is 0 Å². The predicted molar refractivity (Wildman–Crippen MR) is 51.1 cm³/mol. The fourth-order valence-corrected chi connectivity index (χ4v) is 1.55. The first-order chi connectivity index (χ1) is 6.74. The fraction of sp³-hybridized carbons (Fsp3) is 0.364. The molecule has 1 aliphatic rings.